The van der Waals surface area contributed by atoms with Gasteiger partial charge in [-0.15, -0.1) is 0 Å². The molecule has 15 heavy (non-hydrogen) atoms. The Labute approximate surface area is 82.2 Å². The van der Waals surface area contributed by atoms with Crippen LogP contribution in [0.1, 0.15) is 28.2 Å². The molecule has 5 nitrogen and oxygen atoms in total. The first-order chi connectivity index (χ1) is 6.97. The van der Waals surface area contributed by atoms with Crippen LogP contribution in [-0.2, 0) is 0 Å². The number of pyridine rings is 1. The van der Waals surface area contributed by atoms with Gasteiger partial charge in [0, 0.05) is 6.07 Å². The molecular formula is C8H4F2N2O3. The highest BCUT2D eigenvalue weighted by molar-refractivity contribution is 5.88. The zero-order valence-electron chi connectivity index (χ0n) is 7.11. The normalized spacial score (nSPS) is 10.0. The molecule has 0 aliphatic heterocycles. The van der Waals surface area contributed by atoms with Crippen LogP contribution >= 0.6 is 0 Å². The molecule has 78 valence electrons. The molecule has 1 rings (SSSR count). The first-order valence-electron chi connectivity index (χ1n) is 3.62. The van der Waals surface area contributed by atoms with Crippen molar-refractivity contribution in [1.82, 2.24) is 4.98 Å². The summed E-state index contributed by atoms with van der Waals surface area (Å²) in [6.07, 6.45) is -3.10. The van der Waals surface area contributed by atoms with Crippen LogP contribution in [-0.4, -0.2) is 21.2 Å². The van der Waals surface area contributed by atoms with E-state index in [1.165, 1.54) is 6.07 Å². The van der Waals surface area contributed by atoms with Crippen LogP contribution in [0.3, 0.4) is 0 Å². The number of carboxylic acids is 1. The smallest absolute Gasteiger partial charge is 0.355 e. The maximum absolute atomic E-state index is 12.2. The molecule has 0 atom stereocenters. The van der Waals surface area contributed by atoms with Crippen molar-refractivity contribution in [2.75, 3.05) is 0 Å². The van der Waals surface area contributed by atoms with E-state index in [1.807, 2.05) is 0 Å². The van der Waals surface area contributed by atoms with Crippen LogP contribution < -0.4 is 0 Å². The molecule has 0 spiro atoms. The number of alkyl halides is 2. The molecule has 0 unspecified atom stereocenters. The topological polar surface area (TPSA) is 94.2 Å². The lowest BCUT2D eigenvalue weighted by Gasteiger charge is -2.04. The summed E-state index contributed by atoms with van der Waals surface area (Å²) in [5.41, 5.74) is -2.32. The van der Waals surface area contributed by atoms with Crippen LogP contribution in [0.25, 0.3) is 0 Å². The molecular weight excluding hydrogens is 210 g/mol. The number of hydrogen-bond donors (Lipinski definition) is 2. The minimum Gasteiger partial charge on any atom is -0.506 e. The average Bonchev–Trinajstić information content (AvgIpc) is 2.16. The quantitative estimate of drug-likeness (QED) is 0.773. The number of rotatable bonds is 2. The summed E-state index contributed by atoms with van der Waals surface area (Å²) in [4.78, 5) is 13.5. The van der Waals surface area contributed by atoms with Gasteiger partial charge in [-0.25, -0.2) is 18.6 Å². The summed E-state index contributed by atoms with van der Waals surface area (Å²) >= 11 is 0. The predicted molar refractivity (Wildman–Crippen MR) is 42.5 cm³/mol. The summed E-state index contributed by atoms with van der Waals surface area (Å²) in [6, 6.07) is 2.09. The van der Waals surface area contributed by atoms with Gasteiger partial charge in [-0.05, 0) is 0 Å². The van der Waals surface area contributed by atoms with Crippen molar-refractivity contribution in [3.8, 4) is 11.8 Å². The van der Waals surface area contributed by atoms with Gasteiger partial charge < -0.3 is 10.2 Å². The first-order valence-corrected chi connectivity index (χ1v) is 3.62. The molecule has 0 fully saturated rings. The van der Waals surface area contributed by atoms with E-state index < -0.39 is 35.1 Å². The second kappa shape index (κ2) is 3.88. The predicted octanol–water partition coefficient (Wildman–Crippen LogP) is 1.29. The number of carbonyl (C=O) groups is 1. The van der Waals surface area contributed by atoms with Gasteiger partial charge >= 0.3 is 5.97 Å². The highest BCUT2D eigenvalue weighted by atomic mass is 19.3. The molecule has 0 saturated carbocycles. The minimum atomic E-state index is -3.10. The first kappa shape index (κ1) is 10.8. The fourth-order valence-electron chi connectivity index (χ4n) is 0.926. The van der Waals surface area contributed by atoms with Gasteiger partial charge in [0.2, 0.25) is 0 Å². The highest BCUT2D eigenvalue weighted by Crippen LogP contribution is 2.27. The third-order valence-corrected chi connectivity index (χ3v) is 1.56. The summed E-state index contributed by atoms with van der Waals surface area (Å²) in [5, 5.41) is 26.0. The summed E-state index contributed by atoms with van der Waals surface area (Å²) in [5.74, 6) is -2.50. The largest absolute Gasteiger partial charge is 0.506 e. The molecule has 1 aromatic heterocycles. The van der Waals surface area contributed by atoms with Gasteiger partial charge in [-0.2, -0.15) is 5.26 Å². The standard InChI is InChI=1S/C8H4F2N2O3/c9-7(10)6-4(13)1-3(2-11)5(12-6)8(14)15/h1,7,13H,(H,14,15). The summed E-state index contributed by atoms with van der Waals surface area (Å²) < 4.78 is 24.4. The van der Waals surface area contributed by atoms with Crippen molar-refractivity contribution in [3.05, 3.63) is 23.0 Å². The number of nitrogens with zero attached hydrogens (tertiary/aromatic N) is 2. The van der Waals surface area contributed by atoms with E-state index in [4.69, 9.17) is 15.5 Å². The van der Waals surface area contributed by atoms with Crippen LogP contribution in [0, 0.1) is 11.3 Å². The number of halogens is 2. The Morgan fingerprint density at radius 3 is 2.60 bits per heavy atom. The summed E-state index contributed by atoms with van der Waals surface area (Å²) in [7, 11) is 0. The van der Waals surface area contributed by atoms with Crippen molar-refractivity contribution in [3.63, 3.8) is 0 Å². The second-order valence-corrected chi connectivity index (χ2v) is 2.51. The van der Waals surface area contributed by atoms with Crippen molar-refractivity contribution in [2.24, 2.45) is 0 Å². The van der Waals surface area contributed by atoms with Crippen molar-refractivity contribution >= 4 is 5.97 Å². The van der Waals surface area contributed by atoms with Gasteiger partial charge in [0.1, 0.15) is 17.5 Å². The Balaban J connectivity index is 3.45. The van der Waals surface area contributed by atoms with Crippen LogP contribution in [0.15, 0.2) is 6.07 Å². The molecule has 0 aliphatic carbocycles. The second-order valence-electron chi connectivity index (χ2n) is 2.51. The van der Waals surface area contributed by atoms with Gasteiger partial charge in [0.25, 0.3) is 6.43 Å². The molecule has 0 bridgehead atoms. The molecule has 1 aromatic rings. The zero-order valence-corrected chi connectivity index (χ0v) is 7.11. The SMILES string of the molecule is N#Cc1cc(O)c(C(F)F)nc1C(=O)O. The number of nitriles is 1. The lowest BCUT2D eigenvalue weighted by molar-refractivity contribution is 0.0688. The van der Waals surface area contributed by atoms with E-state index >= 15 is 0 Å². The third-order valence-electron chi connectivity index (χ3n) is 1.56. The van der Waals surface area contributed by atoms with Gasteiger partial charge in [-0.3, -0.25) is 0 Å². The van der Waals surface area contributed by atoms with Gasteiger partial charge in [0.05, 0.1) is 5.56 Å². The number of hydrogen-bond acceptors (Lipinski definition) is 4. The number of aromatic nitrogens is 1. The molecule has 0 aliphatic rings. The molecule has 7 heteroatoms. The highest BCUT2D eigenvalue weighted by Gasteiger charge is 2.21. The number of aromatic carboxylic acids is 1. The summed E-state index contributed by atoms with van der Waals surface area (Å²) in [6.45, 7) is 0. The Hall–Kier alpha value is -2.23. The molecule has 0 aromatic carbocycles. The molecule has 0 saturated heterocycles. The van der Waals surface area contributed by atoms with E-state index in [2.05, 4.69) is 4.98 Å². The molecule has 0 amide bonds. The van der Waals surface area contributed by atoms with E-state index in [1.54, 1.807) is 0 Å². The minimum absolute atomic E-state index is 0.468. The Morgan fingerprint density at radius 2 is 2.20 bits per heavy atom. The van der Waals surface area contributed by atoms with Gasteiger partial charge in [-0.1, -0.05) is 0 Å². The molecule has 1 heterocycles. The Bertz CT molecular complexity index is 454. The van der Waals surface area contributed by atoms with E-state index in [0.29, 0.717) is 6.07 Å². The Kier molecular flexibility index (Phi) is 2.80. The van der Waals surface area contributed by atoms with Crippen molar-refractivity contribution < 1.29 is 23.8 Å². The lowest BCUT2D eigenvalue weighted by Crippen LogP contribution is -2.07. The molecule has 2 N–H and O–H groups in total. The van der Waals surface area contributed by atoms with E-state index in [0.717, 1.165) is 0 Å². The number of carboxylic acid groups (broad SMARTS) is 1. The fraction of sp³-hybridized carbons (Fsp3) is 0.125. The van der Waals surface area contributed by atoms with E-state index in [-0.39, 0.29) is 0 Å². The zero-order chi connectivity index (χ0) is 11.6. The maximum atomic E-state index is 12.2. The number of aromatic hydroxyl groups is 1. The lowest BCUT2D eigenvalue weighted by atomic mass is 10.1. The monoisotopic (exact) mass is 214 g/mol. The third kappa shape index (κ3) is 1.99. The van der Waals surface area contributed by atoms with Crippen LogP contribution in [0.2, 0.25) is 0 Å². The average molecular weight is 214 g/mol. The Morgan fingerprint density at radius 1 is 1.60 bits per heavy atom. The van der Waals surface area contributed by atoms with Crippen molar-refractivity contribution in [1.29, 1.82) is 5.26 Å². The fourth-order valence-corrected chi connectivity index (χ4v) is 0.926. The van der Waals surface area contributed by atoms with E-state index in [9.17, 15) is 13.6 Å². The van der Waals surface area contributed by atoms with Crippen LogP contribution in [0.4, 0.5) is 8.78 Å². The molecule has 0 radical (unpaired) electrons. The van der Waals surface area contributed by atoms with Crippen molar-refractivity contribution in [2.45, 2.75) is 6.43 Å². The van der Waals surface area contributed by atoms with Gasteiger partial charge in [0.15, 0.2) is 5.69 Å². The maximum Gasteiger partial charge on any atom is 0.355 e. The van der Waals surface area contributed by atoms with Crippen LogP contribution in [0.5, 0.6) is 5.75 Å².